The van der Waals surface area contributed by atoms with E-state index in [2.05, 4.69) is 10.5 Å². The van der Waals surface area contributed by atoms with Gasteiger partial charge >= 0.3 is 6.09 Å². The molecular formula is C10H13NO4. The van der Waals surface area contributed by atoms with Crippen LogP contribution < -0.4 is 10.5 Å². The number of hydrogen-bond donors (Lipinski definition) is 1. The molecule has 1 rings (SSSR count). The van der Waals surface area contributed by atoms with Gasteiger partial charge in [0.2, 0.25) is 0 Å². The van der Waals surface area contributed by atoms with E-state index in [4.69, 9.17) is 4.74 Å². The normalized spacial score (nSPS) is 8.07. The number of rotatable bonds is 3. The highest BCUT2D eigenvalue weighted by Gasteiger charge is 1.86. The van der Waals surface area contributed by atoms with Gasteiger partial charge in [-0.2, -0.15) is 0 Å². The molecule has 0 aliphatic rings. The SMILES string of the molecule is COc1ccccc1.NC(=O)OCC=O. The summed E-state index contributed by atoms with van der Waals surface area (Å²) in [5, 5.41) is 0. The Labute approximate surface area is 87.8 Å². The van der Waals surface area contributed by atoms with Crippen molar-refractivity contribution in [2.75, 3.05) is 13.7 Å². The van der Waals surface area contributed by atoms with E-state index >= 15 is 0 Å². The number of nitrogens with two attached hydrogens (primary N) is 1. The van der Waals surface area contributed by atoms with Crippen LogP contribution in [-0.2, 0) is 9.53 Å². The highest BCUT2D eigenvalue weighted by molar-refractivity contribution is 5.67. The molecule has 82 valence electrons. The summed E-state index contributed by atoms with van der Waals surface area (Å²) in [5.41, 5.74) is 4.46. The second kappa shape index (κ2) is 8.55. The van der Waals surface area contributed by atoms with Gasteiger partial charge in [0.25, 0.3) is 0 Å². The molecule has 0 saturated heterocycles. The summed E-state index contributed by atoms with van der Waals surface area (Å²) in [6.45, 7) is -0.255. The maximum Gasteiger partial charge on any atom is 0.404 e. The van der Waals surface area contributed by atoms with E-state index in [1.54, 1.807) is 7.11 Å². The Kier molecular flexibility index (Phi) is 7.39. The molecule has 0 unspecified atom stereocenters. The Hall–Kier alpha value is -2.04. The third-order valence-corrected chi connectivity index (χ3v) is 1.27. The average molecular weight is 211 g/mol. The van der Waals surface area contributed by atoms with Gasteiger partial charge in [-0.1, -0.05) is 18.2 Å². The number of ether oxygens (including phenoxy) is 2. The van der Waals surface area contributed by atoms with Gasteiger partial charge in [-0.15, -0.1) is 0 Å². The molecule has 0 heterocycles. The number of benzene rings is 1. The predicted molar refractivity (Wildman–Crippen MR) is 54.6 cm³/mol. The van der Waals surface area contributed by atoms with Crippen molar-refractivity contribution in [2.24, 2.45) is 5.73 Å². The number of aldehydes is 1. The standard InChI is InChI=1S/C7H8O.C3H5NO3/c1-8-7-5-3-2-4-6-7;4-3(6)7-2-1-5/h2-6H,1H3;1H,2H2,(H2,4,6). The van der Waals surface area contributed by atoms with Gasteiger partial charge in [0.15, 0.2) is 6.29 Å². The minimum Gasteiger partial charge on any atom is -0.497 e. The van der Waals surface area contributed by atoms with Crippen LogP contribution in [0.1, 0.15) is 0 Å². The summed E-state index contributed by atoms with van der Waals surface area (Å²) >= 11 is 0. The minimum atomic E-state index is -0.924. The van der Waals surface area contributed by atoms with Gasteiger partial charge in [0.1, 0.15) is 12.4 Å². The molecule has 1 aromatic rings. The minimum absolute atomic E-state index is 0.255. The van der Waals surface area contributed by atoms with Crippen molar-refractivity contribution < 1.29 is 19.1 Å². The van der Waals surface area contributed by atoms with Crippen molar-refractivity contribution in [1.82, 2.24) is 0 Å². The van der Waals surface area contributed by atoms with Crippen LogP contribution in [0.2, 0.25) is 0 Å². The summed E-state index contributed by atoms with van der Waals surface area (Å²) < 4.78 is 8.88. The fourth-order valence-corrected chi connectivity index (χ4v) is 0.673. The van der Waals surface area contributed by atoms with Crippen LogP contribution in [0.4, 0.5) is 4.79 Å². The van der Waals surface area contributed by atoms with E-state index in [1.165, 1.54) is 0 Å². The molecule has 2 N–H and O–H groups in total. The van der Waals surface area contributed by atoms with Crippen molar-refractivity contribution in [1.29, 1.82) is 0 Å². The molecule has 5 nitrogen and oxygen atoms in total. The van der Waals surface area contributed by atoms with E-state index in [0.29, 0.717) is 6.29 Å². The zero-order valence-corrected chi connectivity index (χ0v) is 8.38. The van der Waals surface area contributed by atoms with E-state index in [9.17, 15) is 9.59 Å². The lowest BCUT2D eigenvalue weighted by Gasteiger charge is -1.93. The Bertz CT molecular complexity index is 287. The molecule has 0 radical (unpaired) electrons. The molecule has 0 fully saturated rings. The van der Waals surface area contributed by atoms with E-state index in [1.807, 2.05) is 30.3 Å². The number of methoxy groups -OCH3 is 1. The first kappa shape index (κ1) is 13.0. The Morgan fingerprint density at radius 3 is 2.27 bits per heavy atom. The van der Waals surface area contributed by atoms with Crippen molar-refractivity contribution in [3.63, 3.8) is 0 Å². The van der Waals surface area contributed by atoms with Crippen LogP contribution in [-0.4, -0.2) is 26.1 Å². The third kappa shape index (κ3) is 8.29. The lowest BCUT2D eigenvalue weighted by atomic mass is 10.3. The highest BCUT2D eigenvalue weighted by Crippen LogP contribution is 2.05. The maximum absolute atomic E-state index is 9.60. The number of para-hydroxylation sites is 1. The van der Waals surface area contributed by atoms with Crippen LogP contribution in [0, 0.1) is 0 Å². The fourth-order valence-electron chi connectivity index (χ4n) is 0.673. The molecule has 0 saturated carbocycles. The molecule has 1 amide bonds. The summed E-state index contributed by atoms with van der Waals surface area (Å²) in [6.07, 6.45) is -0.475. The quantitative estimate of drug-likeness (QED) is 0.756. The zero-order valence-electron chi connectivity index (χ0n) is 8.38. The zero-order chi connectivity index (χ0) is 11.5. The van der Waals surface area contributed by atoms with Gasteiger partial charge in [-0.05, 0) is 12.1 Å². The van der Waals surface area contributed by atoms with Crippen LogP contribution in [0.3, 0.4) is 0 Å². The summed E-state index contributed by atoms with van der Waals surface area (Å²) in [7, 11) is 1.66. The Morgan fingerprint density at radius 1 is 1.40 bits per heavy atom. The number of carbonyl (C=O) groups is 2. The van der Waals surface area contributed by atoms with Crippen molar-refractivity contribution in [2.45, 2.75) is 0 Å². The van der Waals surface area contributed by atoms with E-state index < -0.39 is 6.09 Å². The lowest BCUT2D eigenvalue weighted by Crippen LogP contribution is -2.13. The Morgan fingerprint density at radius 2 is 2.00 bits per heavy atom. The second-order valence-electron chi connectivity index (χ2n) is 2.31. The number of amides is 1. The first-order valence-corrected chi connectivity index (χ1v) is 4.15. The van der Waals surface area contributed by atoms with Gasteiger partial charge in [-0.3, -0.25) is 4.79 Å². The van der Waals surface area contributed by atoms with E-state index in [-0.39, 0.29) is 6.61 Å². The van der Waals surface area contributed by atoms with Gasteiger partial charge in [0.05, 0.1) is 7.11 Å². The molecule has 0 bridgehead atoms. The summed E-state index contributed by atoms with van der Waals surface area (Å²) in [5.74, 6) is 0.910. The molecular weight excluding hydrogens is 198 g/mol. The maximum atomic E-state index is 9.60. The van der Waals surface area contributed by atoms with Gasteiger partial charge < -0.3 is 15.2 Å². The smallest absolute Gasteiger partial charge is 0.404 e. The molecule has 0 atom stereocenters. The predicted octanol–water partition coefficient (Wildman–Crippen LogP) is 0.976. The number of primary amides is 1. The third-order valence-electron chi connectivity index (χ3n) is 1.27. The molecule has 0 aliphatic carbocycles. The van der Waals surface area contributed by atoms with Gasteiger partial charge in [-0.25, -0.2) is 4.79 Å². The second-order valence-corrected chi connectivity index (χ2v) is 2.31. The monoisotopic (exact) mass is 211 g/mol. The first-order valence-electron chi connectivity index (χ1n) is 4.15. The molecule has 0 aliphatic heterocycles. The molecule has 0 spiro atoms. The van der Waals surface area contributed by atoms with Crippen LogP contribution in [0.25, 0.3) is 0 Å². The van der Waals surface area contributed by atoms with Crippen LogP contribution in [0.15, 0.2) is 30.3 Å². The van der Waals surface area contributed by atoms with E-state index in [0.717, 1.165) is 5.75 Å². The van der Waals surface area contributed by atoms with Crippen molar-refractivity contribution in [3.05, 3.63) is 30.3 Å². The fraction of sp³-hybridized carbons (Fsp3) is 0.200. The molecule has 1 aromatic carbocycles. The van der Waals surface area contributed by atoms with Gasteiger partial charge in [0, 0.05) is 0 Å². The van der Waals surface area contributed by atoms with Crippen LogP contribution in [0.5, 0.6) is 5.75 Å². The lowest BCUT2D eigenvalue weighted by molar-refractivity contribution is -0.110. The molecule has 0 aromatic heterocycles. The highest BCUT2D eigenvalue weighted by atomic mass is 16.5. The molecule has 15 heavy (non-hydrogen) atoms. The van der Waals surface area contributed by atoms with Crippen LogP contribution >= 0.6 is 0 Å². The first-order chi connectivity index (χ1) is 7.20. The summed E-state index contributed by atoms with van der Waals surface area (Å²) in [4.78, 5) is 19.0. The average Bonchev–Trinajstić information content (AvgIpc) is 2.28. The topological polar surface area (TPSA) is 78.6 Å². The largest absolute Gasteiger partial charge is 0.497 e. The number of hydrogen-bond acceptors (Lipinski definition) is 4. The Balaban J connectivity index is 0.000000265. The van der Waals surface area contributed by atoms with Crippen molar-refractivity contribution >= 4 is 12.4 Å². The number of carbonyl (C=O) groups excluding carboxylic acids is 2. The summed E-state index contributed by atoms with van der Waals surface area (Å²) in [6, 6.07) is 9.68. The molecule has 5 heteroatoms. The van der Waals surface area contributed by atoms with Crippen molar-refractivity contribution in [3.8, 4) is 5.75 Å².